The molecule has 6 heteroatoms. The molecule has 0 unspecified atom stereocenters. The van der Waals surface area contributed by atoms with Crippen LogP contribution < -0.4 is 0 Å². The van der Waals surface area contributed by atoms with Gasteiger partial charge in [-0.05, 0) is 91.1 Å². The molecule has 0 aliphatic rings. The predicted molar refractivity (Wildman–Crippen MR) is 241 cm³/mol. The summed E-state index contributed by atoms with van der Waals surface area (Å²) in [5.74, 6) is -0.0129. The maximum absolute atomic E-state index is 13.4. The highest BCUT2D eigenvalue weighted by atomic mass is 16.5. The third-order valence-electron chi connectivity index (χ3n) is 11.9. The second-order valence-electron chi connectivity index (χ2n) is 18.0. The van der Waals surface area contributed by atoms with Crippen LogP contribution in [-0.4, -0.2) is 60.9 Å². The normalized spacial score (nSPS) is 11.9. The van der Waals surface area contributed by atoms with Crippen LogP contribution in [0.25, 0.3) is 0 Å². The minimum Gasteiger partial charge on any atom is -0.466 e. The maximum Gasteiger partial charge on any atom is 0.311 e. The van der Waals surface area contributed by atoms with E-state index in [1.165, 1.54) is 154 Å². The largest absolute Gasteiger partial charge is 0.466 e. The van der Waals surface area contributed by atoms with Gasteiger partial charge in [0.05, 0.1) is 12.0 Å². The van der Waals surface area contributed by atoms with E-state index in [-0.39, 0.29) is 24.6 Å². The van der Waals surface area contributed by atoms with Crippen molar-refractivity contribution >= 4 is 11.9 Å². The number of hydrogen-bond donors (Lipinski definition) is 1. The first kappa shape index (κ1) is 54.9. The Balaban J connectivity index is 4.28. The van der Waals surface area contributed by atoms with Gasteiger partial charge in [-0.2, -0.15) is 0 Å². The SMILES string of the molecule is CCCCCCCCCCOC(=O)CCCCCCCN(CCCO)CCCCCCC(C)(C)C(=O)OC(CCCCCCCCC)CCCCCCCCC. The van der Waals surface area contributed by atoms with E-state index >= 15 is 0 Å². The molecule has 0 atom stereocenters. The summed E-state index contributed by atoms with van der Waals surface area (Å²) in [6.45, 7) is 14.9. The van der Waals surface area contributed by atoms with Crippen LogP contribution in [0.1, 0.15) is 266 Å². The summed E-state index contributed by atoms with van der Waals surface area (Å²) in [5.41, 5.74) is -0.432. The van der Waals surface area contributed by atoms with Crippen molar-refractivity contribution < 1.29 is 24.2 Å². The number of unbranched alkanes of at least 4 members (excludes halogenated alkanes) is 26. The fraction of sp³-hybridized carbons (Fsp3) is 0.960. The summed E-state index contributed by atoms with van der Waals surface area (Å²) in [7, 11) is 0. The first-order valence-electron chi connectivity index (χ1n) is 25.0. The lowest BCUT2D eigenvalue weighted by atomic mass is 9.86. The van der Waals surface area contributed by atoms with Gasteiger partial charge in [-0.1, -0.05) is 181 Å². The Morgan fingerprint density at radius 1 is 0.500 bits per heavy atom. The summed E-state index contributed by atoms with van der Waals surface area (Å²) in [4.78, 5) is 28.0. The molecule has 0 fully saturated rings. The quantitative estimate of drug-likeness (QED) is 0.0489. The van der Waals surface area contributed by atoms with Crippen LogP contribution in [0.3, 0.4) is 0 Å². The molecule has 0 aromatic carbocycles. The molecule has 6 nitrogen and oxygen atoms in total. The van der Waals surface area contributed by atoms with Crippen molar-refractivity contribution in [3.8, 4) is 0 Å². The number of ether oxygens (including phenoxy) is 2. The van der Waals surface area contributed by atoms with E-state index < -0.39 is 5.41 Å². The molecule has 0 heterocycles. The predicted octanol–water partition coefficient (Wildman–Crippen LogP) is 14.9. The number of carbonyl (C=O) groups excluding carboxylic acids is 2. The van der Waals surface area contributed by atoms with Gasteiger partial charge in [-0.3, -0.25) is 9.59 Å². The molecule has 0 saturated carbocycles. The van der Waals surface area contributed by atoms with E-state index in [0.29, 0.717) is 13.0 Å². The van der Waals surface area contributed by atoms with Crippen molar-refractivity contribution in [2.24, 2.45) is 5.41 Å². The molecule has 0 aliphatic carbocycles. The molecule has 0 aromatic rings. The molecule has 0 aliphatic heterocycles. The number of aliphatic hydroxyl groups is 1. The fourth-order valence-corrected chi connectivity index (χ4v) is 7.85. The number of carbonyl (C=O) groups is 2. The minimum absolute atomic E-state index is 0.0117. The highest BCUT2D eigenvalue weighted by molar-refractivity contribution is 5.76. The van der Waals surface area contributed by atoms with Crippen molar-refractivity contribution in [1.82, 2.24) is 4.90 Å². The molecule has 1 N–H and O–H groups in total. The van der Waals surface area contributed by atoms with Gasteiger partial charge >= 0.3 is 11.9 Å². The molecular formula is C50H99NO5. The number of hydrogen-bond acceptors (Lipinski definition) is 6. The Bertz CT molecular complexity index is 814. The maximum atomic E-state index is 13.4. The zero-order chi connectivity index (χ0) is 41.2. The molecule has 0 aromatic heterocycles. The molecule has 56 heavy (non-hydrogen) atoms. The number of rotatable bonds is 45. The number of nitrogens with zero attached hydrogens (tertiary/aromatic N) is 1. The van der Waals surface area contributed by atoms with Crippen LogP contribution in [0.5, 0.6) is 0 Å². The topological polar surface area (TPSA) is 76.1 Å². The van der Waals surface area contributed by atoms with Gasteiger partial charge in [-0.15, -0.1) is 0 Å². The number of aliphatic hydroxyl groups excluding tert-OH is 1. The molecule has 0 amide bonds. The molecule has 334 valence electrons. The summed E-state index contributed by atoms with van der Waals surface area (Å²) < 4.78 is 11.7. The van der Waals surface area contributed by atoms with E-state index in [4.69, 9.17) is 9.47 Å². The standard InChI is InChI=1S/C50H99NO5/c1-6-9-12-15-18-21-29-36-46-55-48(53)40-32-25-22-27-34-42-51(44-37-45-52)43-35-28-26-33-41-50(4,5)49(54)56-47(38-30-23-19-16-13-10-7-2)39-31-24-20-17-14-11-8-3/h47,52H,6-46H2,1-5H3. The van der Waals surface area contributed by atoms with Crippen molar-refractivity contribution in [1.29, 1.82) is 0 Å². The van der Waals surface area contributed by atoms with Gasteiger partial charge < -0.3 is 19.5 Å². The molecule has 0 bridgehead atoms. The number of esters is 2. The first-order chi connectivity index (χ1) is 27.3. The van der Waals surface area contributed by atoms with Gasteiger partial charge in [0.2, 0.25) is 0 Å². The van der Waals surface area contributed by atoms with Gasteiger partial charge in [-0.25, -0.2) is 0 Å². The van der Waals surface area contributed by atoms with Gasteiger partial charge in [0.15, 0.2) is 0 Å². The van der Waals surface area contributed by atoms with E-state index in [1.54, 1.807) is 0 Å². The second kappa shape index (κ2) is 42.0. The highest BCUT2D eigenvalue weighted by Crippen LogP contribution is 2.28. The molecule has 0 saturated heterocycles. The van der Waals surface area contributed by atoms with Gasteiger partial charge in [0.25, 0.3) is 0 Å². The van der Waals surface area contributed by atoms with E-state index in [0.717, 1.165) is 90.3 Å². The van der Waals surface area contributed by atoms with E-state index in [1.807, 2.05) is 0 Å². The average Bonchev–Trinajstić information content (AvgIpc) is 3.18. The van der Waals surface area contributed by atoms with Crippen LogP contribution in [0.4, 0.5) is 0 Å². The smallest absolute Gasteiger partial charge is 0.311 e. The van der Waals surface area contributed by atoms with Gasteiger partial charge in [0.1, 0.15) is 6.10 Å². The second-order valence-corrected chi connectivity index (χ2v) is 18.0. The van der Waals surface area contributed by atoms with Crippen LogP contribution in [-0.2, 0) is 19.1 Å². The van der Waals surface area contributed by atoms with Crippen LogP contribution in [0.2, 0.25) is 0 Å². The third kappa shape index (κ3) is 37.2. The molecule has 0 rings (SSSR count). The molecule has 0 radical (unpaired) electrons. The lowest BCUT2D eigenvalue weighted by Crippen LogP contribution is -2.31. The summed E-state index contributed by atoms with van der Waals surface area (Å²) in [6, 6.07) is 0. The first-order valence-corrected chi connectivity index (χ1v) is 25.0. The monoisotopic (exact) mass is 794 g/mol. The Labute approximate surface area is 350 Å². The average molecular weight is 794 g/mol. The Morgan fingerprint density at radius 3 is 1.38 bits per heavy atom. The van der Waals surface area contributed by atoms with E-state index in [2.05, 4.69) is 39.5 Å². The zero-order valence-electron chi connectivity index (χ0n) is 38.6. The Kier molecular flexibility index (Phi) is 41.1. The third-order valence-corrected chi connectivity index (χ3v) is 11.9. The van der Waals surface area contributed by atoms with Crippen molar-refractivity contribution in [2.45, 2.75) is 272 Å². The van der Waals surface area contributed by atoms with Crippen LogP contribution in [0, 0.1) is 5.41 Å². The van der Waals surface area contributed by atoms with Crippen molar-refractivity contribution in [3.63, 3.8) is 0 Å². The zero-order valence-corrected chi connectivity index (χ0v) is 38.6. The Hall–Kier alpha value is -1.14. The Morgan fingerprint density at radius 2 is 0.893 bits per heavy atom. The van der Waals surface area contributed by atoms with E-state index in [9.17, 15) is 14.7 Å². The fourth-order valence-electron chi connectivity index (χ4n) is 7.85. The summed E-state index contributed by atoms with van der Waals surface area (Å²) in [6.07, 6.45) is 42.7. The molecule has 0 spiro atoms. The summed E-state index contributed by atoms with van der Waals surface area (Å²) in [5, 5.41) is 9.45. The van der Waals surface area contributed by atoms with Crippen molar-refractivity contribution in [2.75, 3.05) is 32.8 Å². The molecular weight excluding hydrogens is 695 g/mol. The lowest BCUT2D eigenvalue weighted by molar-refractivity contribution is -0.161. The highest BCUT2D eigenvalue weighted by Gasteiger charge is 2.30. The summed E-state index contributed by atoms with van der Waals surface area (Å²) >= 11 is 0. The van der Waals surface area contributed by atoms with Crippen LogP contribution in [0.15, 0.2) is 0 Å². The van der Waals surface area contributed by atoms with Gasteiger partial charge in [0, 0.05) is 19.6 Å². The van der Waals surface area contributed by atoms with Crippen molar-refractivity contribution in [3.05, 3.63) is 0 Å². The van der Waals surface area contributed by atoms with Crippen LogP contribution >= 0.6 is 0 Å². The minimum atomic E-state index is -0.432. The lowest BCUT2D eigenvalue weighted by Gasteiger charge is -2.27.